The highest BCUT2D eigenvalue weighted by molar-refractivity contribution is 6.30. The van der Waals surface area contributed by atoms with Gasteiger partial charge in [0.2, 0.25) is 11.4 Å². The Labute approximate surface area is 183 Å². The van der Waals surface area contributed by atoms with Crippen molar-refractivity contribution >= 4 is 23.3 Å². The van der Waals surface area contributed by atoms with Crippen molar-refractivity contribution in [2.24, 2.45) is 0 Å². The second kappa shape index (κ2) is 8.68. The number of carbonyl (C=O) groups is 1. The summed E-state index contributed by atoms with van der Waals surface area (Å²) >= 11 is 5.89. The zero-order valence-corrected chi connectivity index (χ0v) is 17.8. The van der Waals surface area contributed by atoms with E-state index in [-0.39, 0.29) is 22.5 Å². The number of halogens is 4. The zero-order chi connectivity index (χ0) is 22.2. The predicted octanol–water partition coefficient (Wildman–Crippen LogP) is 5.14. The van der Waals surface area contributed by atoms with Gasteiger partial charge in [-0.05, 0) is 54.8 Å². The highest BCUT2D eigenvalue weighted by Crippen LogP contribution is 2.46. The first kappa shape index (κ1) is 21.9. The number of para-hydroxylation sites is 1. The normalized spacial score (nSPS) is 25.6. The molecule has 2 aliphatic rings. The number of rotatable bonds is 3. The molecule has 2 aliphatic heterocycles. The van der Waals surface area contributed by atoms with Gasteiger partial charge in [0.05, 0.1) is 5.02 Å². The maximum Gasteiger partial charge on any atom is 0.463 e. The fourth-order valence-corrected chi connectivity index (χ4v) is 4.56. The number of hydrogen-bond acceptors (Lipinski definition) is 3. The highest BCUT2D eigenvalue weighted by Gasteiger charge is 2.54. The van der Waals surface area contributed by atoms with Crippen LogP contribution in [0.5, 0.6) is 5.75 Å². The first-order valence-electron chi connectivity index (χ1n) is 10.3. The van der Waals surface area contributed by atoms with Crippen molar-refractivity contribution < 1.29 is 22.8 Å². The van der Waals surface area contributed by atoms with Crippen molar-refractivity contribution in [3.63, 3.8) is 0 Å². The lowest BCUT2D eigenvalue weighted by Gasteiger charge is -2.40. The Morgan fingerprint density at radius 3 is 2.81 bits per heavy atom. The van der Waals surface area contributed by atoms with E-state index in [2.05, 4.69) is 5.32 Å². The van der Waals surface area contributed by atoms with Crippen LogP contribution < -0.4 is 14.8 Å². The molecule has 2 heterocycles. The van der Waals surface area contributed by atoms with Crippen LogP contribution in [0.1, 0.15) is 30.9 Å². The number of piperidine rings is 1. The van der Waals surface area contributed by atoms with Crippen LogP contribution in [-0.4, -0.2) is 43.7 Å². The maximum absolute atomic E-state index is 16.6. The fraction of sp³-hybridized carbons (Fsp3) is 0.409. The third-order valence-electron chi connectivity index (χ3n) is 5.94. The maximum atomic E-state index is 16.6. The Balaban J connectivity index is 1.76. The third-order valence-corrected chi connectivity index (χ3v) is 6.23. The van der Waals surface area contributed by atoms with Gasteiger partial charge < -0.3 is 10.1 Å². The molecule has 3 unspecified atom stereocenters. The molecule has 1 fully saturated rings. The van der Waals surface area contributed by atoms with Crippen LogP contribution in [0.4, 0.5) is 23.7 Å². The molecule has 0 aromatic heterocycles. The molecule has 0 radical (unpaired) electrons. The highest BCUT2D eigenvalue weighted by atomic mass is 35.5. The lowest BCUT2D eigenvalue weighted by atomic mass is 10.0. The number of benzene rings is 2. The molecule has 2 amide bonds. The van der Waals surface area contributed by atoms with E-state index in [1.807, 2.05) is 0 Å². The Hall–Kier alpha value is -2.29. The van der Waals surface area contributed by atoms with E-state index in [1.54, 1.807) is 7.05 Å². The SMILES string of the molecule is CNCC1CCCCN1C(=O)[N+]1(F)CC(c2ccc(F)c(Cl)c2)Oc2c(F)cccc21. The number of ether oxygens (including phenoxy) is 1. The summed E-state index contributed by atoms with van der Waals surface area (Å²) in [7, 11) is 1.78. The molecule has 1 saturated heterocycles. The summed E-state index contributed by atoms with van der Waals surface area (Å²) in [6, 6.07) is 6.81. The van der Waals surface area contributed by atoms with Crippen LogP contribution >= 0.6 is 11.6 Å². The van der Waals surface area contributed by atoms with Gasteiger partial charge in [-0.25, -0.2) is 13.6 Å². The van der Waals surface area contributed by atoms with E-state index in [0.29, 0.717) is 18.7 Å². The lowest BCUT2D eigenvalue weighted by molar-refractivity contribution is -0.0141. The number of fused-ring (bicyclic) bond motifs is 1. The summed E-state index contributed by atoms with van der Waals surface area (Å²) in [6.07, 6.45) is 1.46. The summed E-state index contributed by atoms with van der Waals surface area (Å²) in [4.78, 5) is 15.1. The van der Waals surface area contributed by atoms with E-state index in [0.717, 1.165) is 31.4 Å². The predicted molar refractivity (Wildman–Crippen MR) is 113 cm³/mol. The molecule has 0 spiro atoms. The van der Waals surface area contributed by atoms with Crippen molar-refractivity contribution in [3.8, 4) is 5.75 Å². The van der Waals surface area contributed by atoms with E-state index < -0.39 is 35.0 Å². The molecule has 0 aliphatic carbocycles. The average Bonchev–Trinajstić information content (AvgIpc) is 2.76. The number of hydrogen-bond donors (Lipinski definition) is 1. The van der Waals surface area contributed by atoms with Crippen molar-refractivity contribution in [1.29, 1.82) is 0 Å². The number of nitrogens with one attached hydrogen (secondary N) is 1. The number of quaternary nitrogens is 1. The third kappa shape index (κ3) is 4.00. The minimum atomic E-state index is -1.63. The molecule has 1 N–H and O–H groups in total. The van der Waals surface area contributed by atoms with Gasteiger partial charge >= 0.3 is 6.03 Å². The Bertz CT molecular complexity index is 990. The van der Waals surface area contributed by atoms with Gasteiger partial charge in [0.15, 0.2) is 18.5 Å². The minimum Gasteiger partial charge on any atom is -0.471 e. The number of amides is 2. The quantitative estimate of drug-likeness (QED) is 0.653. The van der Waals surface area contributed by atoms with Gasteiger partial charge in [-0.3, -0.25) is 4.90 Å². The van der Waals surface area contributed by atoms with Gasteiger partial charge in [0.1, 0.15) is 5.82 Å². The molecule has 9 heteroatoms. The first-order valence-corrected chi connectivity index (χ1v) is 10.7. The zero-order valence-electron chi connectivity index (χ0n) is 17.1. The number of nitrogens with zero attached hydrogens (tertiary/aromatic N) is 2. The molecule has 0 saturated carbocycles. The standard InChI is InChI=1S/C22H24ClF3N3O2/c1-27-12-15-5-2-3-10-28(15)22(30)29(26)13-20(14-8-9-17(24)16(23)11-14)31-21-18(25)6-4-7-19(21)29/h4,6-9,11,15,20,27H,2-3,5,10,12-13H2,1H3/q+1. The molecule has 2 aromatic carbocycles. The summed E-state index contributed by atoms with van der Waals surface area (Å²) < 4.78 is 49.0. The molecule has 3 atom stereocenters. The lowest BCUT2D eigenvalue weighted by Crippen LogP contribution is -2.62. The molecular weight excluding hydrogens is 431 g/mol. The van der Waals surface area contributed by atoms with Gasteiger partial charge in [0.25, 0.3) is 0 Å². The second-order valence-corrected chi connectivity index (χ2v) is 8.36. The van der Waals surface area contributed by atoms with Crippen LogP contribution in [-0.2, 0) is 0 Å². The smallest absolute Gasteiger partial charge is 0.463 e. The summed E-state index contributed by atoms with van der Waals surface area (Å²) in [5.74, 6) is -1.72. The van der Waals surface area contributed by atoms with Crippen molar-refractivity contribution in [2.75, 3.05) is 26.7 Å². The van der Waals surface area contributed by atoms with Gasteiger partial charge in [0, 0.05) is 29.7 Å². The fourth-order valence-electron chi connectivity index (χ4n) is 4.37. The molecule has 166 valence electrons. The van der Waals surface area contributed by atoms with Crippen LogP contribution in [0.25, 0.3) is 0 Å². The van der Waals surface area contributed by atoms with E-state index in [4.69, 9.17) is 16.3 Å². The first-order chi connectivity index (χ1) is 14.8. The van der Waals surface area contributed by atoms with E-state index in [1.165, 1.54) is 29.2 Å². The van der Waals surface area contributed by atoms with Gasteiger partial charge in [-0.15, -0.1) is 0 Å². The molecule has 0 bridgehead atoms. The Morgan fingerprint density at radius 2 is 2.06 bits per heavy atom. The molecule has 31 heavy (non-hydrogen) atoms. The number of likely N-dealkylation sites (tertiary alicyclic amines) is 1. The van der Waals surface area contributed by atoms with Crippen LogP contribution in [0.3, 0.4) is 0 Å². The Kier molecular flexibility index (Phi) is 6.14. The van der Waals surface area contributed by atoms with Crippen LogP contribution in [0, 0.1) is 11.6 Å². The molecule has 5 nitrogen and oxygen atoms in total. The van der Waals surface area contributed by atoms with Crippen LogP contribution in [0.15, 0.2) is 36.4 Å². The van der Waals surface area contributed by atoms with Crippen LogP contribution in [0.2, 0.25) is 5.02 Å². The monoisotopic (exact) mass is 454 g/mol. The van der Waals surface area contributed by atoms with Gasteiger partial charge in [-0.1, -0.05) is 23.7 Å². The Morgan fingerprint density at radius 1 is 1.26 bits per heavy atom. The number of urea groups is 1. The topological polar surface area (TPSA) is 41.6 Å². The van der Waals surface area contributed by atoms with E-state index >= 15 is 4.48 Å². The number of likely N-dealkylation sites (N-methyl/N-ethyl adjacent to an activating group) is 1. The molecule has 4 rings (SSSR count). The summed E-state index contributed by atoms with van der Waals surface area (Å²) in [5, 5.41) is 2.90. The van der Waals surface area contributed by atoms with Crippen molar-refractivity contribution in [2.45, 2.75) is 31.4 Å². The molecule has 2 aromatic rings. The van der Waals surface area contributed by atoms with E-state index in [9.17, 15) is 13.6 Å². The van der Waals surface area contributed by atoms with Crippen molar-refractivity contribution in [3.05, 3.63) is 58.6 Å². The van der Waals surface area contributed by atoms with Crippen molar-refractivity contribution in [1.82, 2.24) is 14.9 Å². The minimum absolute atomic E-state index is 0.157. The second-order valence-electron chi connectivity index (χ2n) is 7.95. The summed E-state index contributed by atoms with van der Waals surface area (Å²) in [6.45, 7) is 0.545. The molecular formula is C22H24ClF3N3O2+. The largest absolute Gasteiger partial charge is 0.471 e. The van der Waals surface area contributed by atoms with Gasteiger partial charge in [-0.2, -0.15) is 0 Å². The number of carbonyl (C=O) groups excluding carboxylic acids is 1. The average molecular weight is 455 g/mol. The summed E-state index contributed by atoms with van der Waals surface area (Å²) in [5.41, 5.74) is 0.182.